The van der Waals surface area contributed by atoms with E-state index in [-0.39, 0.29) is 32.0 Å². The number of hydrogen-bond donors (Lipinski definition) is 4. The van der Waals surface area contributed by atoms with Crippen molar-refractivity contribution in [1.29, 1.82) is 0 Å². The molecule has 5 rings (SSSR count). The Labute approximate surface area is 301 Å². The van der Waals surface area contributed by atoms with Gasteiger partial charge < -0.3 is 21.1 Å². The molecule has 0 radical (unpaired) electrons. The van der Waals surface area contributed by atoms with Crippen LogP contribution in [0.25, 0.3) is 6.08 Å². The fraction of sp³-hybridized carbons (Fsp3) is 0.0270. The third-order valence-electron chi connectivity index (χ3n) is 6.96. The Morgan fingerprint density at radius 3 is 2.08 bits per heavy atom. The summed E-state index contributed by atoms with van der Waals surface area (Å²) < 4.78 is 0. The summed E-state index contributed by atoms with van der Waals surface area (Å²) in [6.07, 6.45) is 1.44. The number of carboxylic acids is 1. The number of thioether (sulfide) groups is 1. The number of carbonyl (C=O) groups is 4. The van der Waals surface area contributed by atoms with Crippen molar-refractivity contribution in [3.63, 3.8) is 0 Å². The van der Waals surface area contributed by atoms with Gasteiger partial charge in [-0.1, -0.05) is 102 Å². The van der Waals surface area contributed by atoms with Crippen LogP contribution in [-0.4, -0.2) is 28.8 Å². The van der Waals surface area contributed by atoms with Crippen molar-refractivity contribution >= 4 is 87.7 Å². The molecule has 5 aromatic carbocycles. The molecule has 12 heteroatoms. The molecule has 1 unspecified atom stereocenters. The monoisotopic (exact) mass is 729 g/mol. The molecular weight excluding hydrogens is 705 g/mol. The molecule has 5 aromatic rings. The van der Waals surface area contributed by atoms with Gasteiger partial charge in [0.05, 0.1) is 20.6 Å². The lowest BCUT2D eigenvalue weighted by molar-refractivity contribution is -0.116. The topological polar surface area (TPSA) is 125 Å². The van der Waals surface area contributed by atoms with E-state index in [1.54, 1.807) is 97.1 Å². The van der Waals surface area contributed by atoms with E-state index in [1.165, 1.54) is 36.0 Å². The number of rotatable bonds is 11. The normalized spacial score (nSPS) is 11.7. The van der Waals surface area contributed by atoms with Gasteiger partial charge in [0.15, 0.2) is 0 Å². The fourth-order valence-corrected chi connectivity index (χ4v) is 6.23. The molecular formula is C37H26Cl3N3O5S. The number of halogens is 3. The summed E-state index contributed by atoms with van der Waals surface area (Å²) in [6.45, 7) is 0. The maximum Gasteiger partial charge on any atom is 0.337 e. The smallest absolute Gasteiger partial charge is 0.337 e. The average molecular weight is 731 g/mol. The number of nitrogens with one attached hydrogen (secondary N) is 3. The van der Waals surface area contributed by atoms with Gasteiger partial charge >= 0.3 is 5.97 Å². The van der Waals surface area contributed by atoms with Crippen LogP contribution in [0.1, 0.15) is 37.1 Å². The summed E-state index contributed by atoms with van der Waals surface area (Å²) in [7, 11) is 0. The van der Waals surface area contributed by atoms with Crippen LogP contribution < -0.4 is 16.0 Å². The second kappa shape index (κ2) is 16.4. The summed E-state index contributed by atoms with van der Waals surface area (Å²) in [4.78, 5) is 52.6. The first-order chi connectivity index (χ1) is 23.6. The summed E-state index contributed by atoms with van der Waals surface area (Å²) in [5.74, 6) is -2.76. The highest BCUT2D eigenvalue weighted by atomic mass is 35.5. The minimum Gasteiger partial charge on any atom is -0.478 e. The van der Waals surface area contributed by atoms with Gasteiger partial charge in [-0.15, -0.1) is 11.8 Å². The first kappa shape index (κ1) is 35.3. The van der Waals surface area contributed by atoms with Crippen molar-refractivity contribution in [3.05, 3.63) is 164 Å². The number of aromatic carboxylic acids is 1. The minimum absolute atomic E-state index is 0.0478. The number of anilines is 2. The van der Waals surface area contributed by atoms with Crippen LogP contribution in [0.5, 0.6) is 0 Å². The fourth-order valence-electron chi connectivity index (χ4n) is 4.59. The zero-order chi connectivity index (χ0) is 34.9. The molecule has 0 saturated carbocycles. The zero-order valence-corrected chi connectivity index (χ0v) is 28.4. The Morgan fingerprint density at radius 1 is 0.694 bits per heavy atom. The van der Waals surface area contributed by atoms with Crippen LogP contribution in [-0.2, 0) is 9.59 Å². The summed E-state index contributed by atoms with van der Waals surface area (Å²) in [6, 6.07) is 33.5. The molecule has 8 nitrogen and oxygen atoms in total. The maximum absolute atomic E-state index is 13.7. The Morgan fingerprint density at radius 2 is 1.37 bits per heavy atom. The molecule has 0 fully saturated rings. The van der Waals surface area contributed by atoms with Crippen molar-refractivity contribution < 1.29 is 24.3 Å². The van der Waals surface area contributed by atoms with Gasteiger partial charge in [0, 0.05) is 21.8 Å². The predicted octanol–water partition coefficient (Wildman–Crippen LogP) is 9.23. The lowest BCUT2D eigenvalue weighted by Gasteiger charge is -2.18. The summed E-state index contributed by atoms with van der Waals surface area (Å²) >= 11 is 19.8. The van der Waals surface area contributed by atoms with E-state index in [4.69, 9.17) is 34.8 Å². The first-order valence-electron chi connectivity index (χ1n) is 14.6. The lowest BCUT2D eigenvalue weighted by atomic mass is 10.1. The van der Waals surface area contributed by atoms with Gasteiger partial charge in [-0.2, -0.15) is 0 Å². The van der Waals surface area contributed by atoms with Crippen LogP contribution in [0.2, 0.25) is 15.1 Å². The average Bonchev–Trinajstić information content (AvgIpc) is 3.10. The minimum atomic E-state index is -1.22. The third-order valence-corrected chi connectivity index (χ3v) is 9.37. The Kier molecular flexibility index (Phi) is 11.8. The molecule has 246 valence electrons. The van der Waals surface area contributed by atoms with Crippen molar-refractivity contribution in [2.75, 3.05) is 10.6 Å². The van der Waals surface area contributed by atoms with E-state index >= 15 is 0 Å². The van der Waals surface area contributed by atoms with Crippen LogP contribution in [0.3, 0.4) is 0 Å². The second-order valence-corrected chi connectivity index (χ2v) is 12.8. The van der Waals surface area contributed by atoms with Gasteiger partial charge in [0.1, 0.15) is 10.9 Å². The highest BCUT2D eigenvalue weighted by Gasteiger charge is 2.24. The number of carbonyl (C=O) groups excluding carboxylic acids is 3. The molecule has 0 heterocycles. The van der Waals surface area contributed by atoms with Gasteiger partial charge in [0.2, 0.25) is 5.91 Å². The number of amides is 3. The van der Waals surface area contributed by atoms with E-state index in [1.807, 2.05) is 6.07 Å². The van der Waals surface area contributed by atoms with E-state index in [9.17, 15) is 24.3 Å². The molecule has 0 aliphatic rings. The van der Waals surface area contributed by atoms with E-state index in [2.05, 4.69) is 16.0 Å². The standard InChI is InChI=1S/C37H26Cl3N3O5S/c38-29-18-17-26(21-28(29)37(47)48)42-36(46)33(22-9-3-1-4-10-22)49-27-15-8-14-25(20-27)41-35(45)31(19-24-13-7-16-30(39)32(24)40)43-34(44)23-11-5-2-6-12-23/h1-21,33H,(H,41,45)(H,42,46)(H,43,44)(H,47,48)/b31-19+. The predicted molar refractivity (Wildman–Crippen MR) is 195 cm³/mol. The zero-order valence-electron chi connectivity index (χ0n) is 25.3. The Hall–Kier alpha value is -5.06. The molecule has 4 N–H and O–H groups in total. The van der Waals surface area contributed by atoms with Gasteiger partial charge in [-0.25, -0.2) is 4.79 Å². The Bertz CT molecular complexity index is 2060. The van der Waals surface area contributed by atoms with Crippen molar-refractivity contribution in [2.45, 2.75) is 10.1 Å². The van der Waals surface area contributed by atoms with Gasteiger partial charge in [-0.05, 0) is 71.8 Å². The number of carboxylic acid groups (broad SMARTS) is 1. The van der Waals surface area contributed by atoms with Crippen molar-refractivity contribution in [2.24, 2.45) is 0 Å². The molecule has 49 heavy (non-hydrogen) atoms. The third kappa shape index (κ3) is 9.31. The van der Waals surface area contributed by atoms with Crippen LogP contribution in [0.4, 0.5) is 11.4 Å². The second-order valence-electron chi connectivity index (χ2n) is 10.4. The highest BCUT2D eigenvalue weighted by molar-refractivity contribution is 8.00. The first-order valence-corrected chi connectivity index (χ1v) is 16.6. The molecule has 0 bridgehead atoms. The molecule has 0 aliphatic heterocycles. The highest BCUT2D eigenvalue weighted by Crippen LogP contribution is 2.37. The van der Waals surface area contributed by atoms with Crippen LogP contribution >= 0.6 is 46.6 Å². The van der Waals surface area contributed by atoms with E-state index in [0.29, 0.717) is 27.3 Å². The van der Waals surface area contributed by atoms with Crippen molar-refractivity contribution in [1.82, 2.24) is 5.32 Å². The largest absolute Gasteiger partial charge is 0.478 e. The quantitative estimate of drug-likeness (QED) is 0.0794. The lowest BCUT2D eigenvalue weighted by Crippen LogP contribution is -2.30. The van der Waals surface area contributed by atoms with Crippen LogP contribution in [0, 0.1) is 0 Å². The maximum atomic E-state index is 13.7. The SMILES string of the molecule is O=C(Nc1cccc(SC(C(=O)Nc2ccc(Cl)c(C(=O)O)c2)c2ccccc2)c1)/C(=C\c1cccc(Cl)c1Cl)NC(=O)c1ccccc1. The molecule has 0 spiro atoms. The molecule has 0 aliphatic carbocycles. The molecule has 1 atom stereocenters. The van der Waals surface area contributed by atoms with Gasteiger partial charge in [-0.3, -0.25) is 14.4 Å². The molecule has 3 amide bonds. The van der Waals surface area contributed by atoms with Crippen molar-refractivity contribution in [3.8, 4) is 0 Å². The van der Waals surface area contributed by atoms with E-state index in [0.717, 1.165) is 0 Å². The summed E-state index contributed by atoms with van der Waals surface area (Å²) in [5.41, 5.74) is 1.90. The molecule has 0 aromatic heterocycles. The number of benzene rings is 5. The van der Waals surface area contributed by atoms with Crippen LogP contribution in [0.15, 0.2) is 132 Å². The summed E-state index contributed by atoms with van der Waals surface area (Å²) in [5, 5.41) is 17.5. The van der Waals surface area contributed by atoms with E-state index < -0.39 is 28.9 Å². The molecule has 0 saturated heterocycles. The number of hydrogen-bond acceptors (Lipinski definition) is 5. The van der Waals surface area contributed by atoms with Gasteiger partial charge in [0.25, 0.3) is 11.8 Å². The Balaban J connectivity index is 1.40.